The van der Waals surface area contributed by atoms with Crippen molar-refractivity contribution in [2.75, 3.05) is 26.8 Å². The van der Waals surface area contributed by atoms with Crippen molar-refractivity contribution in [3.63, 3.8) is 0 Å². The molecule has 1 aromatic heterocycles. The third kappa shape index (κ3) is 4.07. The molecule has 0 saturated carbocycles. The summed E-state index contributed by atoms with van der Waals surface area (Å²) in [6.07, 6.45) is 2.27. The molecule has 1 saturated heterocycles. The maximum absolute atomic E-state index is 13.2. The first kappa shape index (κ1) is 17.8. The molecular formula is C16H21ClFN3O2. The first-order valence-corrected chi connectivity index (χ1v) is 7.49. The van der Waals surface area contributed by atoms with E-state index >= 15 is 0 Å². The van der Waals surface area contributed by atoms with Gasteiger partial charge < -0.3 is 14.6 Å². The molecule has 5 nitrogen and oxygen atoms in total. The monoisotopic (exact) mass is 341 g/mol. The van der Waals surface area contributed by atoms with Crippen molar-refractivity contribution in [1.82, 2.24) is 15.5 Å². The Balaban J connectivity index is 0.00000192. The van der Waals surface area contributed by atoms with E-state index < -0.39 is 0 Å². The van der Waals surface area contributed by atoms with Crippen LogP contribution in [-0.2, 0) is 16.6 Å². The van der Waals surface area contributed by atoms with Gasteiger partial charge in [-0.3, -0.25) is 0 Å². The van der Waals surface area contributed by atoms with Crippen molar-refractivity contribution in [3.05, 3.63) is 47.4 Å². The molecule has 7 heteroatoms. The topological polar surface area (TPSA) is 60.2 Å². The van der Waals surface area contributed by atoms with Crippen LogP contribution < -0.4 is 5.32 Å². The fourth-order valence-corrected chi connectivity index (χ4v) is 2.97. The van der Waals surface area contributed by atoms with E-state index in [1.54, 1.807) is 13.2 Å². The van der Waals surface area contributed by atoms with Gasteiger partial charge in [0.2, 0.25) is 5.89 Å². The molecule has 0 aliphatic carbocycles. The molecule has 0 radical (unpaired) electrons. The zero-order valence-corrected chi connectivity index (χ0v) is 13.9. The normalized spacial score (nSPS) is 16.8. The summed E-state index contributed by atoms with van der Waals surface area (Å²) in [6.45, 7) is 2.38. The van der Waals surface area contributed by atoms with E-state index in [0.29, 0.717) is 24.7 Å². The van der Waals surface area contributed by atoms with E-state index in [-0.39, 0.29) is 23.6 Å². The first-order valence-electron chi connectivity index (χ1n) is 7.49. The SMILES string of the molecule is COCC1(c2nc(Cc3cccc(F)c3)no2)CCNCC1.Cl. The minimum atomic E-state index is -0.254. The maximum atomic E-state index is 13.2. The molecule has 2 aromatic rings. The summed E-state index contributed by atoms with van der Waals surface area (Å²) in [5, 5.41) is 7.39. The summed E-state index contributed by atoms with van der Waals surface area (Å²) >= 11 is 0. The second-order valence-electron chi connectivity index (χ2n) is 5.79. The van der Waals surface area contributed by atoms with Crippen molar-refractivity contribution in [1.29, 1.82) is 0 Å². The van der Waals surface area contributed by atoms with Crippen molar-refractivity contribution < 1.29 is 13.7 Å². The molecule has 1 aromatic carbocycles. The van der Waals surface area contributed by atoms with Crippen molar-refractivity contribution in [3.8, 4) is 0 Å². The number of halogens is 2. The highest BCUT2D eigenvalue weighted by Gasteiger charge is 2.39. The Bertz CT molecular complexity index is 624. The smallest absolute Gasteiger partial charge is 0.235 e. The molecule has 126 valence electrons. The van der Waals surface area contributed by atoms with Gasteiger partial charge in [0.1, 0.15) is 5.82 Å². The lowest BCUT2D eigenvalue weighted by Gasteiger charge is -2.33. The van der Waals surface area contributed by atoms with Crippen molar-refractivity contribution in [2.45, 2.75) is 24.7 Å². The number of nitrogens with zero attached hydrogens (tertiary/aromatic N) is 2. The molecule has 0 unspecified atom stereocenters. The van der Waals surface area contributed by atoms with E-state index in [9.17, 15) is 4.39 Å². The predicted octanol–water partition coefficient (Wildman–Crippen LogP) is 2.49. The van der Waals surface area contributed by atoms with Crippen LogP contribution >= 0.6 is 12.4 Å². The molecule has 0 amide bonds. The Labute approximate surface area is 141 Å². The molecule has 1 aliphatic heterocycles. The summed E-state index contributed by atoms with van der Waals surface area (Å²) in [5.41, 5.74) is 0.617. The van der Waals surface area contributed by atoms with Crippen LogP contribution in [0.3, 0.4) is 0 Å². The fourth-order valence-electron chi connectivity index (χ4n) is 2.97. The number of hydrogen-bond donors (Lipinski definition) is 1. The highest BCUT2D eigenvalue weighted by Crippen LogP contribution is 2.32. The van der Waals surface area contributed by atoms with Crippen LogP contribution in [-0.4, -0.2) is 36.9 Å². The Kier molecular flexibility index (Phi) is 6.10. The highest BCUT2D eigenvalue weighted by molar-refractivity contribution is 5.85. The quantitative estimate of drug-likeness (QED) is 0.905. The van der Waals surface area contributed by atoms with Gasteiger partial charge in [0.25, 0.3) is 0 Å². The molecule has 2 heterocycles. The molecule has 0 bridgehead atoms. The zero-order chi connectivity index (χ0) is 15.4. The third-order valence-corrected chi connectivity index (χ3v) is 4.15. The second kappa shape index (κ2) is 7.86. The third-order valence-electron chi connectivity index (χ3n) is 4.15. The van der Waals surface area contributed by atoms with Crippen LogP contribution in [0.25, 0.3) is 0 Å². The van der Waals surface area contributed by atoms with Gasteiger partial charge in [0.15, 0.2) is 5.82 Å². The Morgan fingerprint density at radius 1 is 1.35 bits per heavy atom. The van der Waals surface area contributed by atoms with Gasteiger partial charge >= 0.3 is 0 Å². The van der Waals surface area contributed by atoms with Crippen molar-refractivity contribution >= 4 is 12.4 Å². The van der Waals surface area contributed by atoms with E-state index in [1.807, 2.05) is 6.07 Å². The fraction of sp³-hybridized carbons (Fsp3) is 0.500. The lowest BCUT2D eigenvalue weighted by molar-refractivity contribution is 0.0849. The molecule has 23 heavy (non-hydrogen) atoms. The van der Waals surface area contributed by atoms with Crippen LogP contribution in [0.5, 0.6) is 0 Å². The van der Waals surface area contributed by atoms with E-state index in [4.69, 9.17) is 9.26 Å². The number of nitrogens with one attached hydrogen (secondary N) is 1. The molecule has 3 rings (SSSR count). The minimum Gasteiger partial charge on any atom is -0.384 e. The standard InChI is InChI=1S/C16H20FN3O2.ClH/c1-21-11-16(5-7-18-8-6-16)15-19-14(20-22-15)10-12-3-2-4-13(17)9-12;/h2-4,9,18H,5-8,10-11H2,1H3;1H. The van der Waals surface area contributed by atoms with E-state index in [1.165, 1.54) is 12.1 Å². The van der Waals surface area contributed by atoms with Crippen LogP contribution in [0.2, 0.25) is 0 Å². The van der Waals surface area contributed by atoms with E-state index in [2.05, 4.69) is 15.5 Å². The van der Waals surface area contributed by atoms with Gasteiger partial charge in [-0.1, -0.05) is 17.3 Å². The summed E-state index contributed by atoms with van der Waals surface area (Å²) < 4.78 is 24.1. The molecule has 0 spiro atoms. The van der Waals surface area contributed by atoms with Crippen LogP contribution in [0, 0.1) is 5.82 Å². The van der Waals surface area contributed by atoms with Crippen LogP contribution in [0.15, 0.2) is 28.8 Å². The number of piperidine rings is 1. The summed E-state index contributed by atoms with van der Waals surface area (Å²) in [6, 6.07) is 6.46. The number of ether oxygens (including phenoxy) is 1. The highest BCUT2D eigenvalue weighted by atomic mass is 35.5. The predicted molar refractivity (Wildman–Crippen MR) is 86.4 cm³/mol. The molecule has 1 aliphatic rings. The Morgan fingerprint density at radius 2 is 2.13 bits per heavy atom. The maximum Gasteiger partial charge on any atom is 0.235 e. The van der Waals surface area contributed by atoms with Gasteiger partial charge in [-0.15, -0.1) is 12.4 Å². The number of benzene rings is 1. The first-order chi connectivity index (χ1) is 10.7. The number of methoxy groups -OCH3 is 1. The summed E-state index contributed by atoms with van der Waals surface area (Å²) in [4.78, 5) is 4.54. The Morgan fingerprint density at radius 3 is 2.83 bits per heavy atom. The van der Waals surface area contributed by atoms with E-state index in [0.717, 1.165) is 31.5 Å². The summed E-state index contributed by atoms with van der Waals surface area (Å²) in [5.74, 6) is 0.951. The lowest BCUT2D eigenvalue weighted by atomic mass is 9.79. The van der Waals surface area contributed by atoms with Crippen LogP contribution in [0.1, 0.15) is 30.1 Å². The second-order valence-corrected chi connectivity index (χ2v) is 5.79. The van der Waals surface area contributed by atoms with Crippen molar-refractivity contribution in [2.24, 2.45) is 0 Å². The molecule has 1 N–H and O–H groups in total. The zero-order valence-electron chi connectivity index (χ0n) is 13.0. The number of hydrogen-bond acceptors (Lipinski definition) is 5. The van der Waals surface area contributed by atoms with Gasteiger partial charge in [-0.2, -0.15) is 4.98 Å². The molecular weight excluding hydrogens is 321 g/mol. The van der Waals surface area contributed by atoms with Gasteiger partial charge in [-0.25, -0.2) is 4.39 Å². The van der Waals surface area contributed by atoms with Crippen LogP contribution in [0.4, 0.5) is 4.39 Å². The number of rotatable bonds is 5. The largest absolute Gasteiger partial charge is 0.384 e. The van der Waals surface area contributed by atoms with Gasteiger partial charge in [0, 0.05) is 13.5 Å². The van der Waals surface area contributed by atoms with Gasteiger partial charge in [0.05, 0.1) is 12.0 Å². The molecule has 0 atom stereocenters. The minimum absolute atomic E-state index is 0. The summed E-state index contributed by atoms with van der Waals surface area (Å²) in [7, 11) is 1.69. The molecule has 1 fully saturated rings. The average Bonchev–Trinajstić information content (AvgIpc) is 2.98. The number of aromatic nitrogens is 2. The van der Waals surface area contributed by atoms with Gasteiger partial charge in [-0.05, 0) is 43.6 Å². The average molecular weight is 342 g/mol. The lowest BCUT2D eigenvalue weighted by Crippen LogP contribution is -2.43. The Hall–Kier alpha value is -1.50.